The Morgan fingerprint density at radius 3 is 1.76 bits per heavy atom. The Bertz CT molecular complexity index is 634. The predicted octanol–water partition coefficient (Wildman–Crippen LogP) is 6.24. The lowest BCUT2D eigenvalue weighted by molar-refractivity contribution is -0.159. The molecule has 6 heteroatoms. The first kappa shape index (κ1) is 31.7. The molecular weight excluding hydrogens is 420 g/mol. The number of rotatable bonds is 16. The zero-order chi connectivity index (χ0) is 26.1. The summed E-state index contributed by atoms with van der Waals surface area (Å²) in [5.41, 5.74) is -2.12. The lowest BCUT2D eigenvalue weighted by atomic mass is 9.72. The van der Waals surface area contributed by atoms with Crippen molar-refractivity contribution in [3.05, 3.63) is 0 Å². The van der Waals surface area contributed by atoms with Crippen LogP contribution in [-0.2, 0) is 23.9 Å². The Balaban J connectivity index is 4.67. The van der Waals surface area contributed by atoms with Crippen molar-refractivity contribution in [1.29, 1.82) is 0 Å². The number of carbonyl (C=O) groups excluding carboxylic acids is 2. The van der Waals surface area contributed by atoms with E-state index in [0.717, 1.165) is 19.3 Å². The third kappa shape index (κ3) is 12.1. The van der Waals surface area contributed by atoms with E-state index in [1.807, 2.05) is 69.2 Å². The van der Waals surface area contributed by atoms with E-state index in [0.29, 0.717) is 32.3 Å². The van der Waals surface area contributed by atoms with E-state index in [1.165, 1.54) is 0 Å². The van der Waals surface area contributed by atoms with E-state index in [-0.39, 0.29) is 23.8 Å². The molecule has 0 fully saturated rings. The minimum absolute atomic E-state index is 0.0207. The number of ether oxygens (including phenoxy) is 2. The molecule has 0 radical (unpaired) electrons. The zero-order valence-electron chi connectivity index (χ0n) is 22.9. The maximum atomic E-state index is 13.0. The second-order valence-electron chi connectivity index (χ2n) is 12.2. The fraction of sp³-hybridized carbons (Fsp3) is 0.889. The van der Waals surface area contributed by atoms with Gasteiger partial charge in [-0.2, -0.15) is 0 Å². The molecule has 0 aliphatic heterocycles. The summed E-state index contributed by atoms with van der Waals surface area (Å²) in [5.74, 6) is -1.39. The van der Waals surface area contributed by atoms with E-state index < -0.39 is 28.3 Å². The molecule has 0 spiro atoms. The molecular formula is C27H50O6. The van der Waals surface area contributed by atoms with Crippen molar-refractivity contribution in [2.45, 2.75) is 125 Å². The van der Waals surface area contributed by atoms with E-state index in [4.69, 9.17) is 9.47 Å². The van der Waals surface area contributed by atoms with Crippen LogP contribution in [0.15, 0.2) is 0 Å². The fourth-order valence-electron chi connectivity index (χ4n) is 3.24. The fourth-order valence-corrected chi connectivity index (χ4v) is 3.24. The van der Waals surface area contributed by atoms with Crippen LogP contribution < -0.4 is 0 Å². The standard InChI is InChI=1S/C27H50O6/c1-24(2,3)21(28)17-14-15-20(23(30)31)19-33-27(9,10)26(7,8)22(29)16-12-11-13-18-32-25(4,5)6/h20H,11-19H2,1-10H3,(H,30,31). The van der Waals surface area contributed by atoms with Crippen molar-refractivity contribution in [3.63, 3.8) is 0 Å². The normalized spacial score (nSPS) is 14.2. The number of Topliss-reactive ketones (excluding diaryl/α,β-unsaturated/α-hetero) is 2. The zero-order valence-corrected chi connectivity index (χ0v) is 22.9. The summed E-state index contributed by atoms with van der Waals surface area (Å²) in [6.07, 6.45) is 4.35. The van der Waals surface area contributed by atoms with Crippen LogP contribution in [0.3, 0.4) is 0 Å². The van der Waals surface area contributed by atoms with Crippen molar-refractivity contribution >= 4 is 17.5 Å². The molecule has 1 atom stereocenters. The number of carboxylic acids is 1. The Kier molecular flexibility index (Phi) is 12.5. The highest BCUT2D eigenvalue weighted by molar-refractivity contribution is 5.85. The highest BCUT2D eigenvalue weighted by Crippen LogP contribution is 2.37. The number of aliphatic carboxylic acids is 1. The highest BCUT2D eigenvalue weighted by atomic mass is 16.5. The average molecular weight is 471 g/mol. The van der Waals surface area contributed by atoms with Crippen molar-refractivity contribution in [1.82, 2.24) is 0 Å². The summed E-state index contributed by atoms with van der Waals surface area (Å²) in [6.45, 7) is 19.8. The maximum Gasteiger partial charge on any atom is 0.308 e. The molecule has 0 aromatic carbocycles. The van der Waals surface area contributed by atoms with E-state index in [1.54, 1.807) is 0 Å². The smallest absolute Gasteiger partial charge is 0.308 e. The first-order valence-corrected chi connectivity index (χ1v) is 12.4. The molecule has 0 bridgehead atoms. The number of hydrogen-bond donors (Lipinski definition) is 1. The molecule has 0 amide bonds. The van der Waals surface area contributed by atoms with Crippen LogP contribution in [0.2, 0.25) is 0 Å². The second kappa shape index (κ2) is 13.0. The number of hydrogen-bond acceptors (Lipinski definition) is 5. The SMILES string of the molecule is CC(C)(C)OCCCCCC(=O)C(C)(C)C(C)(C)OCC(CCCC(=O)C(C)(C)C)C(=O)O. The molecule has 194 valence electrons. The predicted molar refractivity (Wildman–Crippen MR) is 132 cm³/mol. The topological polar surface area (TPSA) is 89.9 Å². The number of carboxylic acid groups (broad SMARTS) is 1. The van der Waals surface area contributed by atoms with E-state index in [2.05, 4.69) is 0 Å². The molecule has 0 aliphatic carbocycles. The largest absolute Gasteiger partial charge is 0.481 e. The van der Waals surface area contributed by atoms with Gasteiger partial charge in [0.25, 0.3) is 0 Å². The van der Waals surface area contributed by atoms with Gasteiger partial charge < -0.3 is 14.6 Å². The minimum atomic E-state index is -0.935. The average Bonchev–Trinajstić information content (AvgIpc) is 2.64. The number of unbranched alkanes of at least 4 members (excludes halogenated alkanes) is 2. The van der Waals surface area contributed by atoms with Crippen LogP contribution >= 0.6 is 0 Å². The van der Waals surface area contributed by atoms with Gasteiger partial charge in [0.1, 0.15) is 11.6 Å². The van der Waals surface area contributed by atoms with Crippen molar-refractivity contribution in [2.75, 3.05) is 13.2 Å². The number of carbonyl (C=O) groups is 3. The van der Waals surface area contributed by atoms with Gasteiger partial charge in [0.15, 0.2) is 0 Å². The van der Waals surface area contributed by atoms with Gasteiger partial charge >= 0.3 is 5.97 Å². The van der Waals surface area contributed by atoms with Crippen LogP contribution in [-0.4, -0.2) is 47.1 Å². The summed E-state index contributed by atoms with van der Waals surface area (Å²) >= 11 is 0. The molecule has 0 saturated heterocycles. The van der Waals surface area contributed by atoms with Gasteiger partial charge in [0, 0.05) is 24.9 Å². The van der Waals surface area contributed by atoms with Crippen molar-refractivity contribution < 1.29 is 29.0 Å². The molecule has 0 aliphatic rings. The second-order valence-corrected chi connectivity index (χ2v) is 12.2. The Morgan fingerprint density at radius 2 is 1.27 bits per heavy atom. The lowest BCUT2D eigenvalue weighted by Crippen LogP contribution is -2.48. The van der Waals surface area contributed by atoms with E-state index in [9.17, 15) is 19.5 Å². The monoisotopic (exact) mass is 470 g/mol. The Hall–Kier alpha value is -1.27. The van der Waals surface area contributed by atoms with Crippen LogP contribution in [0.4, 0.5) is 0 Å². The van der Waals surface area contributed by atoms with Crippen molar-refractivity contribution in [3.8, 4) is 0 Å². The van der Waals surface area contributed by atoms with Gasteiger partial charge in [0.05, 0.1) is 29.1 Å². The third-order valence-corrected chi connectivity index (χ3v) is 6.57. The first-order valence-electron chi connectivity index (χ1n) is 12.4. The third-order valence-electron chi connectivity index (χ3n) is 6.57. The molecule has 6 nitrogen and oxygen atoms in total. The number of ketones is 2. The summed E-state index contributed by atoms with van der Waals surface area (Å²) in [7, 11) is 0. The molecule has 0 rings (SSSR count). The van der Waals surface area contributed by atoms with Crippen LogP contribution in [0.25, 0.3) is 0 Å². The molecule has 0 saturated carbocycles. The molecule has 0 aromatic rings. The van der Waals surface area contributed by atoms with Gasteiger partial charge in [-0.25, -0.2) is 0 Å². The summed E-state index contributed by atoms with van der Waals surface area (Å²) < 4.78 is 11.8. The maximum absolute atomic E-state index is 13.0. The lowest BCUT2D eigenvalue weighted by Gasteiger charge is -2.41. The molecule has 1 N–H and O–H groups in total. The molecule has 0 aromatic heterocycles. The minimum Gasteiger partial charge on any atom is -0.481 e. The van der Waals surface area contributed by atoms with Crippen molar-refractivity contribution in [2.24, 2.45) is 16.7 Å². The van der Waals surface area contributed by atoms with Gasteiger partial charge in [-0.1, -0.05) is 41.0 Å². The molecule has 33 heavy (non-hydrogen) atoms. The van der Waals surface area contributed by atoms with Crippen LogP contribution in [0.1, 0.15) is 114 Å². The summed E-state index contributed by atoms with van der Waals surface area (Å²) in [4.78, 5) is 36.8. The summed E-state index contributed by atoms with van der Waals surface area (Å²) in [5, 5.41) is 9.60. The Morgan fingerprint density at radius 1 is 0.727 bits per heavy atom. The Labute approximate surface area is 202 Å². The first-order chi connectivity index (χ1) is 14.8. The van der Waals surface area contributed by atoms with Gasteiger partial charge in [-0.15, -0.1) is 0 Å². The summed E-state index contributed by atoms with van der Waals surface area (Å²) in [6, 6.07) is 0. The molecule has 1 unspecified atom stereocenters. The van der Waals surface area contributed by atoms with Crippen LogP contribution in [0.5, 0.6) is 0 Å². The quantitative estimate of drug-likeness (QED) is 0.269. The van der Waals surface area contributed by atoms with Crippen LogP contribution in [0, 0.1) is 16.7 Å². The highest BCUT2D eigenvalue weighted by Gasteiger charge is 2.44. The molecule has 0 heterocycles. The van der Waals surface area contributed by atoms with Gasteiger partial charge in [-0.05, 0) is 60.3 Å². The van der Waals surface area contributed by atoms with Gasteiger partial charge in [-0.3, -0.25) is 14.4 Å². The van der Waals surface area contributed by atoms with E-state index >= 15 is 0 Å². The van der Waals surface area contributed by atoms with Gasteiger partial charge in [0.2, 0.25) is 0 Å².